The summed E-state index contributed by atoms with van der Waals surface area (Å²) >= 11 is 0. The Morgan fingerprint density at radius 2 is 2.54 bits per heavy atom. The standard InChI is InChI=1S/C8H13N3O2/c1-6(5-12)10-8(13)7-3-4-9-11(7)2/h3-4,6,12H,5H2,1-2H3,(H,10,13)/t6-/m1/s1. The number of nitrogens with zero attached hydrogens (tertiary/aromatic N) is 2. The van der Waals surface area contributed by atoms with E-state index in [1.165, 1.54) is 4.68 Å². The quantitative estimate of drug-likeness (QED) is 0.665. The van der Waals surface area contributed by atoms with E-state index < -0.39 is 0 Å². The predicted molar refractivity (Wildman–Crippen MR) is 47.2 cm³/mol. The van der Waals surface area contributed by atoms with E-state index in [-0.39, 0.29) is 18.6 Å². The van der Waals surface area contributed by atoms with E-state index in [0.717, 1.165) is 0 Å². The van der Waals surface area contributed by atoms with Gasteiger partial charge >= 0.3 is 0 Å². The van der Waals surface area contributed by atoms with Crippen molar-refractivity contribution in [3.63, 3.8) is 0 Å². The average Bonchev–Trinajstić information content (AvgIpc) is 2.51. The molecule has 0 aliphatic heterocycles. The molecule has 0 spiro atoms. The number of amides is 1. The Kier molecular flexibility index (Phi) is 3.02. The SMILES string of the molecule is C[C@H](CO)NC(=O)c1ccnn1C. The van der Waals surface area contributed by atoms with E-state index in [2.05, 4.69) is 10.4 Å². The summed E-state index contributed by atoms with van der Waals surface area (Å²) in [6.07, 6.45) is 1.55. The fraction of sp³-hybridized carbons (Fsp3) is 0.500. The second kappa shape index (κ2) is 4.04. The Hall–Kier alpha value is -1.36. The first kappa shape index (κ1) is 9.73. The van der Waals surface area contributed by atoms with Crippen molar-refractivity contribution in [1.29, 1.82) is 0 Å². The summed E-state index contributed by atoms with van der Waals surface area (Å²) in [6.45, 7) is 1.66. The zero-order valence-electron chi connectivity index (χ0n) is 7.69. The van der Waals surface area contributed by atoms with Crippen LogP contribution in [-0.2, 0) is 7.05 Å². The van der Waals surface area contributed by atoms with E-state index in [4.69, 9.17) is 5.11 Å². The van der Waals surface area contributed by atoms with Gasteiger partial charge in [0.25, 0.3) is 5.91 Å². The second-order valence-corrected chi connectivity index (χ2v) is 2.90. The monoisotopic (exact) mass is 183 g/mol. The number of hydrogen-bond acceptors (Lipinski definition) is 3. The van der Waals surface area contributed by atoms with Crippen LogP contribution in [0.2, 0.25) is 0 Å². The van der Waals surface area contributed by atoms with Gasteiger partial charge in [0.15, 0.2) is 0 Å². The maximum absolute atomic E-state index is 11.4. The van der Waals surface area contributed by atoms with E-state index in [1.807, 2.05) is 0 Å². The second-order valence-electron chi connectivity index (χ2n) is 2.90. The van der Waals surface area contributed by atoms with Gasteiger partial charge in [0.05, 0.1) is 6.61 Å². The lowest BCUT2D eigenvalue weighted by atomic mass is 10.3. The normalized spacial score (nSPS) is 12.5. The van der Waals surface area contributed by atoms with Crippen LogP contribution in [0.15, 0.2) is 12.3 Å². The van der Waals surface area contributed by atoms with E-state index in [0.29, 0.717) is 5.69 Å². The van der Waals surface area contributed by atoms with Crippen LogP contribution in [0.4, 0.5) is 0 Å². The van der Waals surface area contributed by atoms with Crippen molar-refractivity contribution in [2.45, 2.75) is 13.0 Å². The summed E-state index contributed by atoms with van der Waals surface area (Å²) in [4.78, 5) is 11.4. The zero-order valence-corrected chi connectivity index (χ0v) is 7.69. The highest BCUT2D eigenvalue weighted by Gasteiger charge is 2.11. The lowest BCUT2D eigenvalue weighted by molar-refractivity contribution is 0.0913. The van der Waals surface area contributed by atoms with Crippen molar-refractivity contribution in [1.82, 2.24) is 15.1 Å². The Labute approximate surface area is 76.4 Å². The van der Waals surface area contributed by atoms with Gasteiger partial charge in [-0.1, -0.05) is 0 Å². The molecular formula is C8H13N3O2. The molecule has 1 aromatic heterocycles. The third-order valence-electron chi connectivity index (χ3n) is 1.70. The number of aliphatic hydroxyl groups excluding tert-OH is 1. The Bertz CT molecular complexity index is 295. The van der Waals surface area contributed by atoms with E-state index >= 15 is 0 Å². The molecule has 1 amide bonds. The molecule has 0 saturated carbocycles. The lowest BCUT2D eigenvalue weighted by Crippen LogP contribution is -2.36. The summed E-state index contributed by atoms with van der Waals surface area (Å²) in [7, 11) is 1.69. The fourth-order valence-electron chi connectivity index (χ4n) is 0.940. The third kappa shape index (κ3) is 2.29. The highest BCUT2D eigenvalue weighted by Crippen LogP contribution is 1.96. The first-order valence-electron chi connectivity index (χ1n) is 4.05. The van der Waals surface area contributed by atoms with Crippen LogP contribution in [0.3, 0.4) is 0 Å². The molecule has 1 heterocycles. The molecule has 0 unspecified atom stereocenters. The number of aryl methyl sites for hydroxylation is 1. The Morgan fingerprint density at radius 3 is 3.00 bits per heavy atom. The number of hydrogen-bond donors (Lipinski definition) is 2. The molecule has 5 nitrogen and oxygen atoms in total. The van der Waals surface area contributed by atoms with E-state index in [1.54, 1.807) is 26.2 Å². The van der Waals surface area contributed by atoms with Crippen LogP contribution < -0.4 is 5.32 Å². The molecule has 1 rings (SSSR count). The van der Waals surface area contributed by atoms with Crippen LogP contribution in [0, 0.1) is 0 Å². The van der Waals surface area contributed by atoms with Gasteiger partial charge in [-0.15, -0.1) is 0 Å². The van der Waals surface area contributed by atoms with Gasteiger partial charge in [-0.25, -0.2) is 0 Å². The number of rotatable bonds is 3. The Morgan fingerprint density at radius 1 is 1.85 bits per heavy atom. The molecular weight excluding hydrogens is 170 g/mol. The summed E-state index contributed by atoms with van der Waals surface area (Å²) in [5.41, 5.74) is 0.486. The van der Waals surface area contributed by atoms with E-state index in [9.17, 15) is 4.79 Å². The molecule has 2 N–H and O–H groups in total. The van der Waals surface area contributed by atoms with Gasteiger partial charge < -0.3 is 10.4 Å². The van der Waals surface area contributed by atoms with Crippen LogP contribution in [0.25, 0.3) is 0 Å². The maximum Gasteiger partial charge on any atom is 0.269 e. The molecule has 5 heteroatoms. The van der Waals surface area contributed by atoms with Crippen LogP contribution in [0.5, 0.6) is 0 Å². The third-order valence-corrected chi connectivity index (χ3v) is 1.70. The highest BCUT2D eigenvalue weighted by molar-refractivity contribution is 5.92. The van der Waals surface area contributed by atoms with Gasteiger partial charge in [-0.05, 0) is 13.0 Å². The molecule has 0 radical (unpaired) electrons. The van der Waals surface area contributed by atoms with Gasteiger partial charge in [0.1, 0.15) is 5.69 Å². The van der Waals surface area contributed by atoms with Crippen molar-refractivity contribution in [2.24, 2.45) is 7.05 Å². The lowest BCUT2D eigenvalue weighted by Gasteiger charge is -2.10. The molecule has 13 heavy (non-hydrogen) atoms. The smallest absolute Gasteiger partial charge is 0.269 e. The van der Waals surface area contributed by atoms with Gasteiger partial charge in [0, 0.05) is 19.3 Å². The minimum Gasteiger partial charge on any atom is -0.394 e. The number of aromatic nitrogens is 2. The molecule has 1 aromatic rings. The molecule has 0 aliphatic carbocycles. The minimum atomic E-state index is -0.234. The molecule has 0 aromatic carbocycles. The van der Waals surface area contributed by atoms with Crippen molar-refractivity contribution >= 4 is 5.91 Å². The summed E-state index contributed by atoms with van der Waals surface area (Å²) in [5.74, 6) is -0.221. The number of carbonyl (C=O) groups excluding carboxylic acids is 1. The fourth-order valence-corrected chi connectivity index (χ4v) is 0.940. The molecule has 0 bridgehead atoms. The topological polar surface area (TPSA) is 67.2 Å². The van der Waals surface area contributed by atoms with Crippen molar-refractivity contribution < 1.29 is 9.90 Å². The molecule has 0 saturated heterocycles. The highest BCUT2D eigenvalue weighted by atomic mass is 16.3. The maximum atomic E-state index is 11.4. The summed E-state index contributed by atoms with van der Waals surface area (Å²) in [5, 5.41) is 15.2. The number of carbonyl (C=O) groups is 1. The number of nitrogens with one attached hydrogen (secondary N) is 1. The first-order valence-corrected chi connectivity index (χ1v) is 4.05. The van der Waals surface area contributed by atoms with Crippen molar-refractivity contribution in [3.05, 3.63) is 18.0 Å². The van der Waals surface area contributed by atoms with Crippen LogP contribution in [0.1, 0.15) is 17.4 Å². The van der Waals surface area contributed by atoms with Gasteiger partial charge in [0.2, 0.25) is 0 Å². The van der Waals surface area contributed by atoms with Gasteiger partial charge in [-0.2, -0.15) is 5.10 Å². The van der Waals surface area contributed by atoms with Crippen LogP contribution >= 0.6 is 0 Å². The van der Waals surface area contributed by atoms with Crippen molar-refractivity contribution in [2.75, 3.05) is 6.61 Å². The Balaban J connectivity index is 2.64. The summed E-state index contributed by atoms with van der Waals surface area (Å²) < 4.78 is 1.49. The molecule has 0 fully saturated rings. The largest absolute Gasteiger partial charge is 0.394 e. The zero-order chi connectivity index (χ0) is 9.84. The van der Waals surface area contributed by atoms with Gasteiger partial charge in [-0.3, -0.25) is 9.48 Å². The van der Waals surface area contributed by atoms with Crippen LogP contribution in [-0.4, -0.2) is 33.4 Å². The molecule has 72 valence electrons. The first-order chi connectivity index (χ1) is 6.15. The van der Waals surface area contributed by atoms with Crippen molar-refractivity contribution in [3.8, 4) is 0 Å². The molecule has 0 aliphatic rings. The predicted octanol–water partition coefficient (Wildman–Crippen LogP) is -0.469. The number of aliphatic hydroxyl groups is 1. The minimum absolute atomic E-state index is 0.0659. The average molecular weight is 183 g/mol. The summed E-state index contributed by atoms with van der Waals surface area (Å²) in [6, 6.07) is 1.39. The molecule has 1 atom stereocenters.